The van der Waals surface area contributed by atoms with Crippen LogP contribution in [0.25, 0.3) is 0 Å². The maximum absolute atomic E-state index is 4.60. The lowest BCUT2D eigenvalue weighted by Gasteiger charge is -2.19. The van der Waals surface area contributed by atoms with Gasteiger partial charge in [0.25, 0.3) is 0 Å². The number of rotatable bonds is 2. The maximum atomic E-state index is 4.60. The molecular formula is C13H22N2S. The first-order valence-electron chi connectivity index (χ1n) is 5.65. The van der Waals surface area contributed by atoms with Gasteiger partial charge in [0.05, 0.1) is 5.03 Å². The van der Waals surface area contributed by atoms with Gasteiger partial charge in [-0.2, -0.15) is 0 Å². The van der Waals surface area contributed by atoms with Gasteiger partial charge in [0, 0.05) is 17.4 Å². The van der Waals surface area contributed by atoms with Gasteiger partial charge >= 0.3 is 0 Å². The molecular weight excluding hydrogens is 216 g/mol. The summed E-state index contributed by atoms with van der Waals surface area (Å²) < 4.78 is 0. The van der Waals surface area contributed by atoms with Crippen LogP contribution in [0.3, 0.4) is 0 Å². The predicted molar refractivity (Wildman–Crippen MR) is 70.9 cm³/mol. The molecule has 1 aromatic rings. The molecule has 0 atom stereocenters. The van der Waals surface area contributed by atoms with E-state index in [0.29, 0.717) is 5.41 Å². The summed E-state index contributed by atoms with van der Waals surface area (Å²) in [6.45, 7) is 13.1. The Balaban J connectivity index is 2.76. The second-order valence-electron chi connectivity index (χ2n) is 6.32. The van der Waals surface area contributed by atoms with Crippen molar-refractivity contribution in [1.29, 1.82) is 0 Å². The Morgan fingerprint density at radius 3 is 2.25 bits per heavy atom. The lowest BCUT2D eigenvalue weighted by Crippen LogP contribution is -2.16. The van der Waals surface area contributed by atoms with Crippen molar-refractivity contribution < 1.29 is 0 Å². The topological polar surface area (TPSA) is 25.8 Å². The van der Waals surface area contributed by atoms with Crippen molar-refractivity contribution in [3.8, 4) is 0 Å². The highest BCUT2D eigenvalue weighted by Crippen LogP contribution is 2.27. The minimum atomic E-state index is 0.0261. The molecule has 0 spiro atoms. The molecule has 0 saturated carbocycles. The first kappa shape index (κ1) is 13.5. The van der Waals surface area contributed by atoms with Crippen molar-refractivity contribution in [3.63, 3.8) is 0 Å². The third-order valence-corrected chi connectivity index (χ3v) is 3.49. The Kier molecular flexibility index (Phi) is 4.00. The lowest BCUT2D eigenvalue weighted by molar-refractivity contribution is 0.480. The molecule has 0 bridgehead atoms. The third-order valence-electron chi connectivity index (χ3n) is 1.95. The molecule has 0 aliphatic rings. The average Bonchev–Trinajstić information content (AvgIpc) is 2.13. The SMILES string of the molecule is CC(C)(C)CSc1ccnc(C(C)(C)C)n1. The van der Waals surface area contributed by atoms with Gasteiger partial charge in [0.2, 0.25) is 0 Å². The second-order valence-corrected chi connectivity index (χ2v) is 7.31. The molecule has 0 aliphatic heterocycles. The van der Waals surface area contributed by atoms with Crippen LogP contribution < -0.4 is 0 Å². The van der Waals surface area contributed by atoms with E-state index >= 15 is 0 Å². The molecule has 90 valence electrons. The van der Waals surface area contributed by atoms with E-state index in [1.165, 1.54) is 0 Å². The summed E-state index contributed by atoms with van der Waals surface area (Å²) >= 11 is 1.81. The standard InChI is InChI=1S/C13H22N2S/c1-12(2,3)9-16-10-7-8-14-11(15-10)13(4,5)6/h7-8H,9H2,1-6H3. The van der Waals surface area contributed by atoms with Crippen molar-refractivity contribution in [1.82, 2.24) is 9.97 Å². The Bertz CT molecular complexity index is 348. The Hall–Kier alpha value is -0.570. The van der Waals surface area contributed by atoms with Crippen molar-refractivity contribution in [2.24, 2.45) is 5.41 Å². The van der Waals surface area contributed by atoms with Crippen LogP contribution in [0.2, 0.25) is 0 Å². The van der Waals surface area contributed by atoms with E-state index in [1.807, 2.05) is 12.3 Å². The quantitative estimate of drug-likeness (QED) is 0.577. The molecule has 0 unspecified atom stereocenters. The first-order chi connectivity index (χ1) is 7.18. The Morgan fingerprint density at radius 1 is 1.12 bits per heavy atom. The number of hydrogen-bond donors (Lipinski definition) is 0. The maximum Gasteiger partial charge on any atom is 0.134 e. The Labute approximate surface area is 103 Å². The zero-order chi connectivity index (χ0) is 12.4. The van der Waals surface area contributed by atoms with Crippen LogP contribution in [-0.2, 0) is 5.41 Å². The van der Waals surface area contributed by atoms with E-state index < -0.39 is 0 Å². The highest BCUT2D eigenvalue weighted by atomic mass is 32.2. The van der Waals surface area contributed by atoms with Gasteiger partial charge < -0.3 is 0 Å². The first-order valence-corrected chi connectivity index (χ1v) is 6.63. The van der Waals surface area contributed by atoms with Crippen LogP contribution >= 0.6 is 11.8 Å². The van der Waals surface area contributed by atoms with Crippen LogP contribution in [0.1, 0.15) is 47.4 Å². The third kappa shape index (κ3) is 4.52. The van der Waals surface area contributed by atoms with Crippen LogP contribution in [0.4, 0.5) is 0 Å². The van der Waals surface area contributed by atoms with E-state index in [2.05, 4.69) is 51.5 Å². The largest absolute Gasteiger partial charge is 0.241 e. The van der Waals surface area contributed by atoms with Gasteiger partial charge in [0.15, 0.2) is 0 Å². The van der Waals surface area contributed by atoms with Crippen molar-refractivity contribution in [2.75, 3.05) is 5.75 Å². The zero-order valence-electron chi connectivity index (χ0n) is 11.2. The van der Waals surface area contributed by atoms with Gasteiger partial charge in [-0.1, -0.05) is 41.5 Å². The molecule has 1 rings (SSSR count). The van der Waals surface area contributed by atoms with Crippen molar-refractivity contribution >= 4 is 11.8 Å². The fourth-order valence-electron chi connectivity index (χ4n) is 1.07. The molecule has 1 heterocycles. The highest BCUT2D eigenvalue weighted by molar-refractivity contribution is 7.99. The molecule has 0 aliphatic carbocycles. The fourth-order valence-corrected chi connectivity index (χ4v) is 1.96. The number of thioether (sulfide) groups is 1. The number of hydrogen-bond acceptors (Lipinski definition) is 3. The highest BCUT2D eigenvalue weighted by Gasteiger charge is 2.18. The van der Waals surface area contributed by atoms with Crippen molar-refractivity contribution in [3.05, 3.63) is 18.1 Å². The van der Waals surface area contributed by atoms with Crippen LogP contribution in [0.5, 0.6) is 0 Å². The molecule has 0 N–H and O–H groups in total. The molecule has 1 aromatic heterocycles. The van der Waals surface area contributed by atoms with E-state index in [1.54, 1.807) is 11.8 Å². The normalized spacial score (nSPS) is 12.9. The van der Waals surface area contributed by atoms with Gasteiger partial charge in [-0.3, -0.25) is 0 Å². The molecule has 16 heavy (non-hydrogen) atoms. The van der Waals surface area contributed by atoms with Gasteiger partial charge in [-0.15, -0.1) is 11.8 Å². The van der Waals surface area contributed by atoms with E-state index in [0.717, 1.165) is 16.6 Å². The molecule has 2 nitrogen and oxygen atoms in total. The minimum absolute atomic E-state index is 0.0261. The summed E-state index contributed by atoms with van der Waals surface area (Å²) in [4.78, 5) is 8.93. The summed E-state index contributed by atoms with van der Waals surface area (Å²) in [7, 11) is 0. The lowest BCUT2D eigenvalue weighted by atomic mass is 9.96. The van der Waals surface area contributed by atoms with Gasteiger partial charge in [-0.25, -0.2) is 9.97 Å². The molecule has 0 radical (unpaired) electrons. The van der Waals surface area contributed by atoms with Gasteiger partial charge in [-0.05, 0) is 11.5 Å². The van der Waals surface area contributed by atoms with Gasteiger partial charge in [0.1, 0.15) is 5.82 Å². The monoisotopic (exact) mass is 238 g/mol. The second kappa shape index (κ2) is 4.74. The summed E-state index contributed by atoms with van der Waals surface area (Å²) in [5, 5.41) is 1.08. The van der Waals surface area contributed by atoms with Crippen molar-refractivity contribution in [2.45, 2.75) is 52.0 Å². The van der Waals surface area contributed by atoms with Crippen LogP contribution in [0.15, 0.2) is 17.3 Å². The molecule has 0 saturated heterocycles. The summed E-state index contributed by atoms with van der Waals surface area (Å²) in [5.74, 6) is 2.00. The predicted octanol–water partition coefficient (Wildman–Crippen LogP) is 3.91. The smallest absolute Gasteiger partial charge is 0.134 e. The summed E-state index contributed by atoms with van der Waals surface area (Å²) in [6.07, 6.45) is 1.86. The Morgan fingerprint density at radius 2 is 1.75 bits per heavy atom. The summed E-state index contributed by atoms with van der Waals surface area (Å²) in [6, 6.07) is 1.99. The average molecular weight is 238 g/mol. The molecule has 0 aromatic carbocycles. The van der Waals surface area contributed by atoms with E-state index in [-0.39, 0.29) is 5.41 Å². The minimum Gasteiger partial charge on any atom is -0.241 e. The molecule has 0 fully saturated rings. The van der Waals surface area contributed by atoms with E-state index in [4.69, 9.17) is 0 Å². The molecule has 0 amide bonds. The molecule has 3 heteroatoms. The van der Waals surface area contributed by atoms with Crippen LogP contribution in [-0.4, -0.2) is 15.7 Å². The number of nitrogens with zero attached hydrogens (tertiary/aromatic N) is 2. The zero-order valence-corrected chi connectivity index (χ0v) is 12.0. The number of aromatic nitrogens is 2. The van der Waals surface area contributed by atoms with E-state index in [9.17, 15) is 0 Å². The fraction of sp³-hybridized carbons (Fsp3) is 0.692. The van der Waals surface area contributed by atoms with Crippen LogP contribution in [0, 0.1) is 5.41 Å². The summed E-state index contributed by atoms with van der Waals surface area (Å²) in [5.41, 5.74) is 0.357.